The van der Waals surface area contributed by atoms with Gasteiger partial charge in [0.2, 0.25) is 0 Å². The van der Waals surface area contributed by atoms with Gasteiger partial charge in [-0.1, -0.05) is 41.9 Å². The van der Waals surface area contributed by atoms with E-state index < -0.39 is 0 Å². The summed E-state index contributed by atoms with van der Waals surface area (Å²) in [6, 6.07) is 20.9. The number of carbonyl (C=O) groups is 1. The Morgan fingerprint density at radius 1 is 1.06 bits per heavy atom. The molecule has 0 bridgehead atoms. The van der Waals surface area contributed by atoms with E-state index in [1.54, 1.807) is 31.2 Å². The Bertz CT molecular complexity index is 1230. The van der Waals surface area contributed by atoms with Crippen molar-refractivity contribution in [1.29, 1.82) is 0 Å². The number of halogens is 1. The molecule has 4 rings (SSSR count). The number of likely N-dealkylation sites (N-methyl/N-ethyl adjacent to an activating group) is 1. The van der Waals surface area contributed by atoms with Crippen molar-refractivity contribution in [2.45, 2.75) is 13.0 Å². The molecule has 1 heterocycles. The number of benzene rings is 3. The van der Waals surface area contributed by atoms with Crippen LogP contribution in [-0.2, 0) is 4.79 Å². The van der Waals surface area contributed by atoms with E-state index in [0.29, 0.717) is 10.8 Å². The number of nitrogens with zero attached hydrogens (tertiary/aromatic N) is 1. The van der Waals surface area contributed by atoms with Gasteiger partial charge in [-0.05, 0) is 54.4 Å². The number of aryl methyl sites for hydroxylation is 1. The standard InChI is InChI=1S/C26H25ClN2O3/c1-17-14-20(12-13-23(17)27)32-16-25(30)29(2)26(18-8-10-19(31-3)11-9-18)22-15-28-24-7-5-4-6-21(22)24/h4-15,26,28H,16H2,1-3H3/t26-/m1/s1. The van der Waals surface area contributed by atoms with Crippen molar-refractivity contribution in [3.63, 3.8) is 0 Å². The van der Waals surface area contributed by atoms with Crippen molar-refractivity contribution in [3.05, 3.63) is 94.6 Å². The maximum Gasteiger partial charge on any atom is 0.261 e. The van der Waals surface area contributed by atoms with Gasteiger partial charge in [-0.2, -0.15) is 0 Å². The molecule has 164 valence electrons. The third kappa shape index (κ3) is 4.43. The fourth-order valence-electron chi connectivity index (χ4n) is 3.82. The molecule has 0 saturated heterocycles. The summed E-state index contributed by atoms with van der Waals surface area (Å²) in [5.74, 6) is 1.24. The summed E-state index contributed by atoms with van der Waals surface area (Å²) in [4.78, 5) is 18.2. The number of para-hydroxylation sites is 1. The molecule has 0 fully saturated rings. The highest BCUT2D eigenvalue weighted by molar-refractivity contribution is 6.31. The number of nitrogens with one attached hydrogen (secondary N) is 1. The highest BCUT2D eigenvalue weighted by Gasteiger charge is 2.26. The van der Waals surface area contributed by atoms with E-state index in [-0.39, 0.29) is 18.6 Å². The fourth-order valence-corrected chi connectivity index (χ4v) is 3.93. The van der Waals surface area contributed by atoms with Gasteiger partial charge in [0.1, 0.15) is 11.5 Å². The molecule has 0 unspecified atom stereocenters. The number of carbonyl (C=O) groups excluding carboxylic acids is 1. The topological polar surface area (TPSA) is 54.6 Å². The number of methoxy groups -OCH3 is 1. The minimum atomic E-state index is -0.292. The number of hydrogen-bond donors (Lipinski definition) is 1. The van der Waals surface area contributed by atoms with Crippen LogP contribution in [0.2, 0.25) is 5.02 Å². The number of aromatic amines is 1. The molecule has 1 amide bonds. The number of hydrogen-bond acceptors (Lipinski definition) is 3. The van der Waals surface area contributed by atoms with Gasteiger partial charge in [-0.25, -0.2) is 0 Å². The van der Waals surface area contributed by atoms with Gasteiger partial charge in [0.05, 0.1) is 13.2 Å². The van der Waals surface area contributed by atoms with Gasteiger partial charge in [0.25, 0.3) is 5.91 Å². The molecule has 0 saturated carbocycles. The Morgan fingerprint density at radius 3 is 2.50 bits per heavy atom. The van der Waals surface area contributed by atoms with Crippen LogP contribution in [0.1, 0.15) is 22.7 Å². The van der Waals surface area contributed by atoms with E-state index >= 15 is 0 Å². The zero-order valence-corrected chi connectivity index (χ0v) is 19.0. The molecule has 0 radical (unpaired) electrons. The summed E-state index contributed by atoms with van der Waals surface area (Å²) in [6.45, 7) is 1.83. The third-order valence-corrected chi connectivity index (χ3v) is 6.04. The van der Waals surface area contributed by atoms with Crippen LogP contribution in [0, 0.1) is 6.92 Å². The highest BCUT2D eigenvalue weighted by atomic mass is 35.5. The van der Waals surface area contributed by atoms with Crippen LogP contribution in [0.15, 0.2) is 72.9 Å². The molecule has 6 heteroatoms. The van der Waals surface area contributed by atoms with E-state index in [1.165, 1.54) is 0 Å². The minimum absolute atomic E-state index is 0.0768. The van der Waals surface area contributed by atoms with Crippen molar-refractivity contribution < 1.29 is 14.3 Å². The molecule has 0 aliphatic rings. The van der Waals surface area contributed by atoms with Crippen LogP contribution in [0.5, 0.6) is 11.5 Å². The van der Waals surface area contributed by atoms with Gasteiger partial charge < -0.3 is 19.4 Å². The van der Waals surface area contributed by atoms with E-state index in [2.05, 4.69) is 11.1 Å². The second-order valence-corrected chi connectivity index (χ2v) is 8.08. The Kier molecular flexibility index (Phi) is 6.37. The average molecular weight is 449 g/mol. The second kappa shape index (κ2) is 9.37. The lowest BCUT2D eigenvalue weighted by molar-refractivity contribution is -0.133. The van der Waals surface area contributed by atoms with Crippen LogP contribution in [-0.4, -0.2) is 36.6 Å². The third-order valence-electron chi connectivity index (χ3n) is 5.62. The van der Waals surface area contributed by atoms with Crippen LogP contribution < -0.4 is 9.47 Å². The maximum atomic E-state index is 13.2. The Morgan fingerprint density at radius 2 is 1.78 bits per heavy atom. The SMILES string of the molecule is COc1ccc([C@H](c2c[nH]c3ccccc23)N(C)C(=O)COc2ccc(Cl)c(C)c2)cc1. The molecule has 32 heavy (non-hydrogen) atoms. The van der Waals surface area contributed by atoms with Gasteiger partial charge in [-0.3, -0.25) is 4.79 Å². The predicted molar refractivity (Wildman–Crippen MR) is 128 cm³/mol. The summed E-state index contributed by atoms with van der Waals surface area (Å²) >= 11 is 6.09. The van der Waals surface area contributed by atoms with Crippen molar-refractivity contribution in [1.82, 2.24) is 9.88 Å². The summed E-state index contributed by atoms with van der Waals surface area (Å²) in [5.41, 5.74) is 3.92. The summed E-state index contributed by atoms with van der Waals surface area (Å²) < 4.78 is 11.1. The molecular weight excluding hydrogens is 424 g/mol. The van der Waals surface area contributed by atoms with E-state index in [4.69, 9.17) is 21.1 Å². The summed E-state index contributed by atoms with van der Waals surface area (Å²) in [7, 11) is 3.44. The zero-order chi connectivity index (χ0) is 22.7. The largest absolute Gasteiger partial charge is 0.497 e. The van der Waals surface area contributed by atoms with Gasteiger partial charge in [-0.15, -0.1) is 0 Å². The van der Waals surface area contributed by atoms with E-state index in [1.807, 2.05) is 61.7 Å². The van der Waals surface area contributed by atoms with Crippen molar-refractivity contribution in [2.75, 3.05) is 20.8 Å². The van der Waals surface area contributed by atoms with Crippen molar-refractivity contribution in [3.8, 4) is 11.5 Å². The second-order valence-electron chi connectivity index (χ2n) is 7.67. The molecular formula is C26H25ClN2O3. The van der Waals surface area contributed by atoms with Gasteiger partial charge in [0.15, 0.2) is 6.61 Å². The lowest BCUT2D eigenvalue weighted by Gasteiger charge is -2.29. The van der Waals surface area contributed by atoms with Crippen LogP contribution >= 0.6 is 11.6 Å². The zero-order valence-electron chi connectivity index (χ0n) is 18.3. The number of H-pyrrole nitrogens is 1. The quantitative estimate of drug-likeness (QED) is 0.390. The number of ether oxygens (including phenoxy) is 2. The van der Waals surface area contributed by atoms with Gasteiger partial charge >= 0.3 is 0 Å². The van der Waals surface area contributed by atoms with E-state index in [0.717, 1.165) is 33.3 Å². The monoisotopic (exact) mass is 448 g/mol. The molecule has 0 aliphatic carbocycles. The normalized spacial score (nSPS) is 11.9. The smallest absolute Gasteiger partial charge is 0.261 e. The molecule has 4 aromatic rings. The van der Waals surface area contributed by atoms with Crippen LogP contribution in [0.3, 0.4) is 0 Å². The molecule has 1 aromatic heterocycles. The number of aromatic nitrogens is 1. The van der Waals surface area contributed by atoms with Gasteiger partial charge in [0, 0.05) is 34.7 Å². The summed E-state index contributed by atoms with van der Waals surface area (Å²) in [6.07, 6.45) is 1.97. The van der Waals surface area contributed by atoms with Crippen molar-refractivity contribution >= 4 is 28.4 Å². The molecule has 0 aliphatic heterocycles. The van der Waals surface area contributed by atoms with Crippen LogP contribution in [0.4, 0.5) is 0 Å². The molecule has 3 aromatic carbocycles. The number of amides is 1. The van der Waals surface area contributed by atoms with Crippen molar-refractivity contribution in [2.24, 2.45) is 0 Å². The molecule has 1 N–H and O–H groups in total. The Labute approximate surface area is 192 Å². The highest BCUT2D eigenvalue weighted by Crippen LogP contribution is 2.34. The minimum Gasteiger partial charge on any atom is -0.497 e. The lowest BCUT2D eigenvalue weighted by atomic mass is 9.96. The first-order valence-electron chi connectivity index (χ1n) is 10.3. The average Bonchev–Trinajstić information content (AvgIpc) is 3.24. The fraction of sp³-hybridized carbons (Fsp3) is 0.192. The molecule has 0 spiro atoms. The van der Waals surface area contributed by atoms with Crippen LogP contribution in [0.25, 0.3) is 10.9 Å². The first-order chi connectivity index (χ1) is 15.5. The Hall–Kier alpha value is -3.44. The molecule has 1 atom stereocenters. The predicted octanol–water partition coefficient (Wildman–Crippen LogP) is 5.77. The Balaban J connectivity index is 1.63. The summed E-state index contributed by atoms with van der Waals surface area (Å²) in [5, 5.41) is 1.74. The first-order valence-corrected chi connectivity index (χ1v) is 10.7. The molecule has 5 nitrogen and oxygen atoms in total. The first kappa shape index (κ1) is 21.8. The van der Waals surface area contributed by atoms with E-state index in [9.17, 15) is 4.79 Å². The number of rotatable bonds is 7. The number of fused-ring (bicyclic) bond motifs is 1. The lowest BCUT2D eigenvalue weighted by Crippen LogP contribution is -2.35. The maximum absolute atomic E-state index is 13.2.